The van der Waals surface area contributed by atoms with E-state index in [1.165, 1.54) is 0 Å². The van der Waals surface area contributed by atoms with Crippen LogP contribution in [-0.2, 0) is 10.1 Å². The quantitative estimate of drug-likeness (QED) is 0.568. The van der Waals surface area contributed by atoms with Crippen LogP contribution in [-0.4, -0.2) is 43.3 Å². The normalized spacial score (nSPS) is 27.9. The van der Waals surface area contributed by atoms with Gasteiger partial charge in [0.2, 0.25) is 0 Å². The molecule has 0 saturated heterocycles. The summed E-state index contributed by atoms with van der Waals surface area (Å²) >= 11 is 0. The third kappa shape index (κ3) is 4.21. The Hall–Kier alpha value is -0.390. The second-order valence-electron chi connectivity index (χ2n) is 4.09. The molecule has 0 aromatic rings. The Labute approximate surface area is 85.6 Å². The Morgan fingerprint density at radius 1 is 1.50 bits per heavy atom. The van der Waals surface area contributed by atoms with E-state index in [9.17, 15) is 8.42 Å². The molecule has 0 saturated carbocycles. The standard InChI is InChI=1S/C9H17NO3S/c1-10(6-3-2-4-7-10)8-5-9-14(11,12)13/h3,6H,2,4-5,7-9H2,1H3/p+1/t10-/m0/s1. The molecule has 0 aromatic heterocycles. The zero-order chi connectivity index (χ0) is 10.7. The van der Waals surface area contributed by atoms with Crippen LogP contribution in [0, 0.1) is 0 Å². The first-order valence-corrected chi connectivity index (χ1v) is 6.49. The third-order valence-electron chi connectivity index (χ3n) is 2.58. The highest BCUT2D eigenvalue weighted by Gasteiger charge is 2.21. The van der Waals surface area contributed by atoms with Crippen LogP contribution in [0.2, 0.25) is 0 Å². The van der Waals surface area contributed by atoms with Crippen LogP contribution in [0.25, 0.3) is 0 Å². The molecule has 0 unspecified atom stereocenters. The minimum atomic E-state index is -3.79. The number of quaternary nitrogens is 1. The van der Waals surface area contributed by atoms with E-state index in [1.54, 1.807) is 0 Å². The van der Waals surface area contributed by atoms with Crippen LogP contribution >= 0.6 is 0 Å². The zero-order valence-corrected chi connectivity index (χ0v) is 9.33. The van der Waals surface area contributed by atoms with E-state index in [2.05, 4.69) is 19.3 Å². The minimum absolute atomic E-state index is 0.130. The second kappa shape index (κ2) is 4.42. The van der Waals surface area contributed by atoms with Crippen LogP contribution in [0.1, 0.15) is 19.3 Å². The van der Waals surface area contributed by atoms with E-state index in [1.807, 2.05) is 0 Å². The lowest BCUT2D eigenvalue weighted by molar-refractivity contribution is -0.861. The first-order valence-electron chi connectivity index (χ1n) is 4.88. The smallest absolute Gasteiger partial charge is 0.265 e. The van der Waals surface area contributed by atoms with Gasteiger partial charge in [-0.3, -0.25) is 9.04 Å². The fourth-order valence-corrected chi connectivity index (χ4v) is 2.26. The van der Waals surface area contributed by atoms with Crippen LogP contribution in [0.15, 0.2) is 12.3 Å². The van der Waals surface area contributed by atoms with Crippen molar-refractivity contribution in [3.8, 4) is 0 Å². The van der Waals surface area contributed by atoms with Gasteiger partial charge in [-0.2, -0.15) is 8.42 Å². The highest BCUT2D eigenvalue weighted by atomic mass is 32.2. The lowest BCUT2D eigenvalue weighted by Crippen LogP contribution is -2.42. The fourth-order valence-electron chi connectivity index (χ4n) is 1.77. The Morgan fingerprint density at radius 2 is 2.21 bits per heavy atom. The number of hydrogen-bond donors (Lipinski definition) is 1. The van der Waals surface area contributed by atoms with E-state index in [4.69, 9.17) is 4.55 Å². The number of hydrogen-bond acceptors (Lipinski definition) is 2. The van der Waals surface area contributed by atoms with E-state index >= 15 is 0 Å². The second-order valence-corrected chi connectivity index (χ2v) is 5.67. The molecule has 0 fully saturated rings. The Bertz CT molecular complexity index is 310. The minimum Gasteiger partial charge on any atom is -0.300 e. The van der Waals surface area contributed by atoms with E-state index in [0.717, 1.165) is 30.4 Å². The first-order chi connectivity index (χ1) is 6.41. The predicted molar refractivity (Wildman–Crippen MR) is 55.3 cm³/mol. The first kappa shape index (κ1) is 11.7. The van der Waals surface area contributed by atoms with Gasteiger partial charge in [-0.25, -0.2) is 0 Å². The molecule has 0 radical (unpaired) electrons. The molecule has 82 valence electrons. The Balaban J connectivity index is 2.37. The van der Waals surface area contributed by atoms with Crippen molar-refractivity contribution in [2.75, 3.05) is 25.9 Å². The molecule has 0 aliphatic carbocycles. The van der Waals surface area contributed by atoms with Crippen molar-refractivity contribution in [3.05, 3.63) is 12.3 Å². The van der Waals surface area contributed by atoms with E-state index in [0.29, 0.717) is 6.42 Å². The van der Waals surface area contributed by atoms with Crippen molar-refractivity contribution in [1.29, 1.82) is 0 Å². The molecule has 5 heteroatoms. The van der Waals surface area contributed by atoms with Gasteiger partial charge in [-0.1, -0.05) is 0 Å². The molecule has 0 bridgehead atoms. The Morgan fingerprint density at radius 3 is 2.71 bits per heavy atom. The summed E-state index contributed by atoms with van der Waals surface area (Å²) < 4.78 is 30.4. The molecule has 0 amide bonds. The van der Waals surface area contributed by atoms with E-state index < -0.39 is 10.1 Å². The average molecular weight is 220 g/mol. The fraction of sp³-hybridized carbons (Fsp3) is 0.778. The molecule has 14 heavy (non-hydrogen) atoms. The number of rotatable bonds is 4. The summed E-state index contributed by atoms with van der Waals surface area (Å²) in [5.41, 5.74) is 0. The molecule has 1 N–H and O–H groups in total. The maximum Gasteiger partial charge on any atom is 0.265 e. The summed E-state index contributed by atoms with van der Waals surface area (Å²) in [4.78, 5) is 0. The predicted octanol–water partition coefficient (Wildman–Crippen LogP) is 1.02. The zero-order valence-electron chi connectivity index (χ0n) is 8.52. The van der Waals surface area contributed by atoms with Gasteiger partial charge in [0, 0.05) is 12.8 Å². The van der Waals surface area contributed by atoms with Crippen molar-refractivity contribution < 1.29 is 17.5 Å². The largest absolute Gasteiger partial charge is 0.300 e. The highest BCUT2D eigenvalue weighted by molar-refractivity contribution is 7.85. The summed E-state index contributed by atoms with van der Waals surface area (Å²) in [5, 5.41) is 0. The van der Waals surface area contributed by atoms with Gasteiger partial charge in [0.1, 0.15) is 0 Å². The molecular weight excluding hydrogens is 202 g/mol. The maximum atomic E-state index is 10.5. The molecule has 1 aliphatic rings. The van der Waals surface area contributed by atoms with Crippen molar-refractivity contribution >= 4 is 10.1 Å². The van der Waals surface area contributed by atoms with Gasteiger partial charge >= 0.3 is 0 Å². The molecule has 1 heterocycles. The van der Waals surface area contributed by atoms with Gasteiger partial charge in [0.25, 0.3) is 10.1 Å². The number of nitrogens with zero attached hydrogens (tertiary/aromatic N) is 1. The Kier molecular flexibility index (Phi) is 3.69. The van der Waals surface area contributed by atoms with Gasteiger partial charge < -0.3 is 0 Å². The van der Waals surface area contributed by atoms with Crippen LogP contribution in [0.3, 0.4) is 0 Å². The molecule has 0 aromatic carbocycles. The van der Waals surface area contributed by atoms with Gasteiger partial charge in [-0.15, -0.1) is 0 Å². The summed E-state index contributed by atoms with van der Waals surface area (Å²) in [7, 11) is -1.70. The topological polar surface area (TPSA) is 54.4 Å². The highest BCUT2D eigenvalue weighted by Crippen LogP contribution is 2.14. The SMILES string of the molecule is C[N@+]1(CCCS(=O)(=O)O)C=CCCC1. The number of allylic oxidation sites excluding steroid dienone is 1. The summed E-state index contributed by atoms with van der Waals surface area (Å²) in [6.07, 6.45) is 7.04. The lowest BCUT2D eigenvalue weighted by atomic mass is 10.2. The average Bonchev–Trinajstić information content (AvgIpc) is 2.02. The molecule has 1 atom stereocenters. The van der Waals surface area contributed by atoms with Crippen molar-refractivity contribution in [2.45, 2.75) is 19.3 Å². The maximum absolute atomic E-state index is 10.5. The van der Waals surface area contributed by atoms with Gasteiger partial charge in [-0.05, 0) is 12.5 Å². The van der Waals surface area contributed by atoms with Gasteiger partial charge in [0.05, 0.1) is 32.1 Å². The third-order valence-corrected chi connectivity index (χ3v) is 3.38. The summed E-state index contributed by atoms with van der Waals surface area (Å²) in [6, 6.07) is 0. The van der Waals surface area contributed by atoms with Gasteiger partial charge in [0.15, 0.2) is 0 Å². The molecular formula is C9H18NO3S+. The monoisotopic (exact) mass is 220 g/mol. The van der Waals surface area contributed by atoms with Crippen LogP contribution in [0.5, 0.6) is 0 Å². The van der Waals surface area contributed by atoms with Crippen LogP contribution < -0.4 is 0 Å². The van der Waals surface area contributed by atoms with Crippen molar-refractivity contribution in [2.24, 2.45) is 0 Å². The molecule has 1 aliphatic heterocycles. The summed E-state index contributed by atoms with van der Waals surface area (Å²) in [6.45, 7) is 1.83. The van der Waals surface area contributed by atoms with Crippen molar-refractivity contribution in [3.63, 3.8) is 0 Å². The molecule has 0 spiro atoms. The molecule has 1 rings (SSSR count). The van der Waals surface area contributed by atoms with E-state index in [-0.39, 0.29) is 5.75 Å². The molecule has 4 nitrogen and oxygen atoms in total. The van der Waals surface area contributed by atoms with Crippen molar-refractivity contribution in [1.82, 2.24) is 0 Å². The summed E-state index contributed by atoms with van der Waals surface area (Å²) in [5.74, 6) is -0.130. The van der Waals surface area contributed by atoms with Crippen LogP contribution in [0.4, 0.5) is 0 Å². The lowest BCUT2D eigenvalue weighted by Gasteiger charge is -2.32.